The van der Waals surface area contributed by atoms with Gasteiger partial charge in [0.05, 0.1) is 10.8 Å². The molecule has 0 radical (unpaired) electrons. The van der Waals surface area contributed by atoms with Crippen LogP contribution in [0.5, 0.6) is 0 Å². The first-order valence-corrected chi connectivity index (χ1v) is 17.2. The first-order chi connectivity index (χ1) is 22.3. The highest BCUT2D eigenvalue weighted by molar-refractivity contribution is 8.00. The summed E-state index contributed by atoms with van der Waals surface area (Å²) in [7, 11) is 0. The number of fused-ring (bicyclic) bond motifs is 1. The summed E-state index contributed by atoms with van der Waals surface area (Å²) in [4.78, 5) is 41.9. The summed E-state index contributed by atoms with van der Waals surface area (Å²) in [6.45, 7) is 1.93. The Morgan fingerprint density at radius 2 is 1.70 bits per heavy atom. The van der Waals surface area contributed by atoms with Gasteiger partial charge in [0.15, 0.2) is 0 Å². The van der Waals surface area contributed by atoms with Crippen molar-refractivity contribution in [3.8, 4) is 6.07 Å². The fourth-order valence-electron chi connectivity index (χ4n) is 5.03. The van der Waals surface area contributed by atoms with Gasteiger partial charge in [-0.3, -0.25) is 14.4 Å². The largest absolute Gasteiger partial charge is 0.321 e. The molecule has 1 unspecified atom stereocenters. The van der Waals surface area contributed by atoms with Crippen LogP contribution in [0.25, 0.3) is 6.08 Å². The maximum Gasteiger partial charge on any atom is 0.272 e. The van der Waals surface area contributed by atoms with Crippen molar-refractivity contribution in [3.05, 3.63) is 116 Å². The number of amides is 3. The smallest absolute Gasteiger partial charge is 0.272 e. The number of halogens is 2. The summed E-state index contributed by atoms with van der Waals surface area (Å²) in [6.07, 6.45) is 5.94. The number of thioether (sulfide) groups is 1. The second-order valence-corrected chi connectivity index (χ2v) is 13.7. The van der Waals surface area contributed by atoms with Gasteiger partial charge >= 0.3 is 0 Å². The van der Waals surface area contributed by atoms with Gasteiger partial charge in [0, 0.05) is 36.6 Å². The van der Waals surface area contributed by atoms with E-state index in [-0.39, 0.29) is 11.6 Å². The van der Waals surface area contributed by atoms with Gasteiger partial charge in [-0.1, -0.05) is 60.5 Å². The van der Waals surface area contributed by atoms with Gasteiger partial charge in [0.1, 0.15) is 16.8 Å². The lowest BCUT2D eigenvalue weighted by molar-refractivity contribution is -0.116. The molecule has 1 aliphatic rings. The predicted octanol–water partition coefficient (Wildman–Crippen LogP) is 8.72. The first-order valence-electron chi connectivity index (χ1n) is 14.7. The average Bonchev–Trinajstić information content (AvgIpc) is 3.42. The summed E-state index contributed by atoms with van der Waals surface area (Å²) in [5.41, 5.74) is 2.82. The second-order valence-electron chi connectivity index (χ2n) is 10.5. The third-order valence-corrected chi connectivity index (χ3v) is 10.6. The van der Waals surface area contributed by atoms with E-state index in [4.69, 9.17) is 23.2 Å². The fraction of sp³-hybridized carbons (Fsp3) is 0.200. The molecule has 3 aromatic carbocycles. The Bertz CT molecular complexity index is 1830. The van der Waals surface area contributed by atoms with E-state index < -0.39 is 17.1 Å². The molecule has 3 amide bonds. The van der Waals surface area contributed by atoms with Crippen LogP contribution in [0.2, 0.25) is 10.0 Å². The normalized spacial score (nSPS) is 13.2. The third-order valence-electron chi connectivity index (χ3n) is 7.37. The highest BCUT2D eigenvalue weighted by Crippen LogP contribution is 2.38. The molecule has 11 heteroatoms. The van der Waals surface area contributed by atoms with E-state index >= 15 is 0 Å². The number of hydrogen-bond acceptors (Lipinski definition) is 6. The Morgan fingerprint density at radius 3 is 2.41 bits per heavy atom. The van der Waals surface area contributed by atoms with Gasteiger partial charge in [-0.15, -0.1) is 23.1 Å². The minimum absolute atomic E-state index is 0.0559. The Hall–Kier alpha value is -4.07. The number of rotatable bonds is 10. The number of carbonyl (C=O) groups is 3. The minimum atomic E-state index is -0.585. The molecule has 0 spiro atoms. The predicted molar refractivity (Wildman–Crippen MR) is 188 cm³/mol. The summed E-state index contributed by atoms with van der Waals surface area (Å²) < 4.78 is 0. The van der Waals surface area contributed by atoms with Gasteiger partial charge in [-0.2, -0.15) is 5.26 Å². The van der Waals surface area contributed by atoms with Gasteiger partial charge in [-0.25, -0.2) is 0 Å². The highest BCUT2D eigenvalue weighted by Gasteiger charge is 2.25. The van der Waals surface area contributed by atoms with E-state index in [9.17, 15) is 19.6 Å². The van der Waals surface area contributed by atoms with Crippen molar-refractivity contribution in [2.75, 3.05) is 10.6 Å². The zero-order valence-corrected chi connectivity index (χ0v) is 28.0. The van der Waals surface area contributed by atoms with Gasteiger partial charge in [0.25, 0.3) is 11.8 Å². The Labute approximate surface area is 286 Å². The topological polar surface area (TPSA) is 111 Å². The van der Waals surface area contributed by atoms with Crippen LogP contribution in [0, 0.1) is 11.3 Å². The number of aryl methyl sites for hydroxylation is 1. The maximum absolute atomic E-state index is 13.6. The van der Waals surface area contributed by atoms with Crippen molar-refractivity contribution >= 4 is 80.8 Å². The molecule has 3 N–H and O–H groups in total. The molecule has 46 heavy (non-hydrogen) atoms. The van der Waals surface area contributed by atoms with Crippen LogP contribution in [0.15, 0.2) is 83.4 Å². The standard InChI is InChI=1S/C35H30Cl2N4O3S2/c1-2-30(34(44)41-35-26(20-38)24-14-6-7-17-31(24)46-35)45-23-13-8-12-22(18-23)39-33(43)29(19-25-27(36)15-9-16-28(25)37)40-32(42)21-10-4-3-5-11-21/h3-5,8-13,15-16,18-19,30H,2,6-7,14,17H2,1H3,(H,39,43)(H,40,42)(H,41,44)/b29-19+. The molecule has 0 fully saturated rings. The van der Waals surface area contributed by atoms with Gasteiger partial charge < -0.3 is 16.0 Å². The number of benzene rings is 3. The number of nitrogens with one attached hydrogen (secondary N) is 3. The van der Waals surface area contributed by atoms with Crippen LogP contribution in [-0.4, -0.2) is 23.0 Å². The molecule has 1 aromatic heterocycles. The first kappa shape index (κ1) is 33.3. The van der Waals surface area contributed by atoms with Crippen LogP contribution in [0.1, 0.15) is 58.1 Å². The van der Waals surface area contributed by atoms with Crippen molar-refractivity contribution in [2.24, 2.45) is 0 Å². The van der Waals surface area contributed by atoms with E-state index in [0.29, 0.717) is 43.8 Å². The summed E-state index contributed by atoms with van der Waals surface area (Å²) in [5, 5.41) is 19.2. The molecule has 1 aliphatic carbocycles. The Morgan fingerprint density at radius 1 is 0.978 bits per heavy atom. The van der Waals surface area contributed by atoms with Crippen molar-refractivity contribution in [2.45, 2.75) is 49.2 Å². The quantitative estimate of drug-likeness (QED) is 0.114. The van der Waals surface area contributed by atoms with E-state index in [0.717, 1.165) is 36.1 Å². The van der Waals surface area contributed by atoms with Crippen molar-refractivity contribution in [1.29, 1.82) is 5.26 Å². The Kier molecular flexibility index (Phi) is 11.2. The van der Waals surface area contributed by atoms with Gasteiger partial charge in [-0.05, 0) is 86.2 Å². The molecule has 1 heterocycles. The van der Waals surface area contributed by atoms with Crippen molar-refractivity contribution in [1.82, 2.24) is 5.32 Å². The monoisotopic (exact) mass is 688 g/mol. The lowest BCUT2D eigenvalue weighted by Gasteiger charge is -2.16. The van der Waals surface area contributed by atoms with Crippen LogP contribution in [0.3, 0.4) is 0 Å². The number of nitrogens with zero attached hydrogens (tertiary/aromatic N) is 1. The second kappa shape index (κ2) is 15.5. The number of hydrogen-bond donors (Lipinski definition) is 3. The molecule has 0 bridgehead atoms. The van der Waals surface area contributed by atoms with E-state index in [2.05, 4.69) is 22.0 Å². The van der Waals surface area contributed by atoms with Crippen LogP contribution in [0.4, 0.5) is 10.7 Å². The SMILES string of the molecule is CCC(Sc1cccc(NC(=O)/C(=C\c2c(Cl)cccc2Cl)NC(=O)c2ccccc2)c1)C(=O)Nc1sc2c(c1C#N)CCCC2. The number of thiophene rings is 1. The van der Waals surface area contributed by atoms with Crippen LogP contribution in [-0.2, 0) is 22.4 Å². The molecule has 0 saturated carbocycles. The number of anilines is 2. The fourth-order valence-corrected chi connectivity index (χ4v) is 7.79. The average molecular weight is 690 g/mol. The molecular weight excluding hydrogens is 659 g/mol. The molecule has 234 valence electrons. The summed E-state index contributed by atoms with van der Waals surface area (Å²) >= 11 is 15.6. The zero-order valence-electron chi connectivity index (χ0n) is 24.9. The van der Waals surface area contributed by atoms with Crippen LogP contribution >= 0.6 is 46.3 Å². The van der Waals surface area contributed by atoms with Crippen LogP contribution < -0.4 is 16.0 Å². The molecule has 5 rings (SSSR count). The Balaban J connectivity index is 1.33. The number of nitriles is 1. The highest BCUT2D eigenvalue weighted by atomic mass is 35.5. The van der Waals surface area contributed by atoms with Gasteiger partial charge in [0.2, 0.25) is 5.91 Å². The van der Waals surface area contributed by atoms with Crippen molar-refractivity contribution in [3.63, 3.8) is 0 Å². The molecular formula is C35H30Cl2N4O3S2. The molecule has 0 aliphatic heterocycles. The molecule has 0 saturated heterocycles. The molecule has 4 aromatic rings. The zero-order chi connectivity index (χ0) is 32.6. The van der Waals surface area contributed by atoms with Crippen molar-refractivity contribution < 1.29 is 14.4 Å². The summed E-state index contributed by atoms with van der Waals surface area (Å²) in [6, 6.07) is 22.9. The summed E-state index contributed by atoms with van der Waals surface area (Å²) in [5.74, 6) is -1.24. The van der Waals surface area contributed by atoms with E-state index in [1.54, 1.807) is 66.7 Å². The van der Waals surface area contributed by atoms with E-state index in [1.807, 2.05) is 13.0 Å². The third kappa shape index (κ3) is 8.01. The minimum Gasteiger partial charge on any atom is -0.321 e. The lowest BCUT2D eigenvalue weighted by Crippen LogP contribution is -2.30. The maximum atomic E-state index is 13.6. The lowest BCUT2D eigenvalue weighted by atomic mass is 9.96. The molecule has 7 nitrogen and oxygen atoms in total. The number of carbonyl (C=O) groups excluding carboxylic acids is 3. The van der Waals surface area contributed by atoms with E-state index in [1.165, 1.54) is 34.1 Å². The molecule has 1 atom stereocenters.